The molecule has 0 radical (unpaired) electrons. The molecule has 0 aliphatic carbocycles. The number of fused-ring (bicyclic) bond motifs is 2. The molecular formula is C32H45N3O5. The van der Waals surface area contributed by atoms with Crippen LogP contribution in [0, 0.1) is 6.92 Å². The monoisotopic (exact) mass is 551 g/mol. The van der Waals surface area contributed by atoms with Crippen LogP contribution in [0.5, 0.6) is 0 Å². The second kappa shape index (κ2) is 12.6. The van der Waals surface area contributed by atoms with E-state index in [1.807, 2.05) is 20.8 Å². The molecule has 0 saturated carbocycles. The largest absolute Gasteiger partial charge is 0.480 e. The van der Waals surface area contributed by atoms with Crippen LogP contribution in [0.2, 0.25) is 0 Å². The Kier molecular flexibility index (Phi) is 9.10. The van der Waals surface area contributed by atoms with Crippen molar-refractivity contribution in [1.29, 1.82) is 0 Å². The maximum atomic E-state index is 12.7. The molecule has 218 valence electrons. The molecule has 0 amide bonds. The van der Waals surface area contributed by atoms with Crippen LogP contribution in [0.15, 0.2) is 24.3 Å². The van der Waals surface area contributed by atoms with Gasteiger partial charge in [-0.2, -0.15) is 0 Å². The summed E-state index contributed by atoms with van der Waals surface area (Å²) in [5.74, 6) is 0.244. The predicted molar refractivity (Wildman–Crippen MR) is 155 cm³/mol. The number of hydrogen-bond acceptors (Lipinski definition) is 7. The van der Waals surface area contributed by atoms with Gasteiger partial charge in [0, 0.05) is 45.5 Å². The van der Waals surface area contributed by atoms with Gasteiger partial charge >= 0.3 is 5.97 Å². The standard InChI is InChI=1S/C32H45N3O5/c1-21-16-23-20-40-28(32(2,3)38-4)18-26(23)27(17-21)29(31(36)37)35-14-12-25(19-35)39-15-6-5-9-24-11-10-22-8-7-13-33-30(22)34-24/h10-11,16-17,25,28-29H,5-9,12-15,18-20H2,1-4H3,(H,33,34)(H,36,37)/t25-,28+,29+/m1/s1. The van der Waals surface area contributed by atoms with Crippen molar-refractivity contribution in [3.05, 3.63) is 57.8 Å². The van der Waals surface area contributed by atoms with E-state index in [9.17, 15) is 9.90 Å². The second-order valence-electron chi connectivity index (χ2n) is 12.1. The van der Waals surface area contributed by atoms with Crippen LogP contribution in [0.25, 0.3) is 0 Å². The topological polar surface area (TPSA) is 93.2 Å². The molecule has 1 saturated heterocycles. The van der Waals surface area contributed by atoms with E-state index in [2.05, 4.69) is 34.5 Å². The lowest BCUT2D eigenvalue weighted by atomic mass is 9.84. The number of pyridine rings is 1. The molecule has 3 atom stereocenters. The maximum absolute atomic E-state index is 12.7. The van der Waals surface area contributed by atoms with Gasteiger partial charge in [0.15, 0.2) is 0 Å². The van der Waals surface area contributed by atoms with Gasteiger partial charge in [-0.3, -0.25) is 9.69 Å². The molecule has 3 aliphatic heterocycles. The minimum atomic E-state index is -0.811. The number of aromatic nitrogens is 1. The minimum Gasteiger partial charge on any atom is -0.480 e. The Hall–Kier alpha value is -2.52. The van der Waals surface area contributed by atoms with Crippen molar-refractivity contribution in [2.75, 3.05) is 38.7 Å². The van der Waals surface area contributed by atoms with Crippen molar-refractivity contribution in [1.82, 2.24) is 9.88 Å². The molecule has 3 aliphatic rings. The number of methoxy groups -OCH3 is 1. The number of likely N-dealkylation sites (tertiary alicyclic amines) is 1. The highest BCUT2D eigenvalue weighted by Gasteiger charge is 2.39. The third-order valence-corrected chi connectivity index (χ3v) is 8.85. The average molecular weight is 552 g/mol. The number of anilines is 1. The first kappa shape index (κ1) is 29.0. The molecule has 1 fully saturated rings. The first-order valence-corrected chi connectivity index (χ1v) is 14.9. The van der Waals surface area contributed by atoms with E-state index in [1.165, 1.54) is 12.0 Å². The Bertz CT molecular complexity index is 1200. The fourth-order valence-corrected chi connectivity index (χ4v) is 6.33. The van der Waals surface area contributed by atoms with Crippen molar-refractivity contribution in [3.63, 3.8) is 0 Å². The number of hydrogen-bond donors (Lipinski definition) is 2. The molecule has 8 nitrogen and oxygen atoms in total. The number of unbranched alkanes of at least 4 members (excludes halogenated alkanes) is 1. The Morgan fingerprint density at radius 2 is 2.12 bits per heavy atom. The summed E-state index contributed by atoms with van der Waals surface area (Å²) < 4.78 is 18.1. The van der Waals surface area contributed by atoms with Crippen LogP contribution >= 0.6 is 0 Å². The van der Waals surface area contributed by atoms with E-state index in [1.54, 1.807) is 7.11 Å². The van der Waals surface area contributed by atoms with Crippen LogP contribution < -0.4 is 5.32 Å². The first-order valence-electron chi connectivity index (χ1n) is 14.9. The summed E-state index contributed by atoms with van der Waals surface area (Å²) in [6.07, 6.45) is 6.62. The molecule has 4 heterocycles. The van der Waals surface area contributed by atoms with Crippen molar-refractivity contribution >= 4 is 11.8 Å². The highest BCUT2D eigenvalue weighted by atomic mass is 16.5. The van der Waals surface area contributed by atoms with Crippen LogP contribution in [-0.4, -0.2) is 72.1 Å². The molecule has 8 heteroatoms. The summed E-state index contributed by atoms with van der Waals surface area (Å²) in [6, 6.07) is 7.85. The fourth-order valence-electron chi connectivity index (χ4n) is 6.33. The zero-order valence-corrected chi connectivity index (χ0v) is 24.5. The number of aryl methyl sites for hydroxylation is 3. The normalized spacial score (nSPS) is 21.9. The number of nitrogens with one attached hydrogen (secondary N) is 1. The SMILES string of the molecule is COC(C)(C)[C@@H]1Cc2c(cc(C)cc2[C@@H](C(=O)O)N2CC[C@@H](OCCCCc3ccc4c(n3)NCCC4)C2)CO1. The molecule has 40 heavy (non-hydrogen) atoms. The second-order valence-corrected chi connectivity index (χ2v) is 12.1. The third kappa shape index (κ3) is 6.51. The van der Waals surface area contributed by atoms with E-state index in [0.717, 1.165) is 72.4 Å². The van der Waals surface area contributed by atoms with Crippen LogP contribution in [-0.2, 0) is 44.9 Å². The molecule has 1 aromatic carbocycles. The third-order valence-electron chi connectivity index (χ3n) is 8.85. The van der Waals surface area contributed by atoms with Gasteiger partial charge in [-0.25, -0.2) is 4.98 Å². The number of rotatable bonds is 11. The summed E-state index contributed by atoms with van der Waals surface area (Å²) in [4.78, 5) is 19.6. The van der Waals surface area contributed by atoms with Gasteiger partial charge in [-0.15, -0.1) is 0 Å². The van der Waals surface area contributed by atoms with Crippen LogP contribution in [0.3, 0.4) is 0 Å². The van der Waals surface area contributed by atoms with Gasteiger partial charge in [-0.1, -0.05) is 23.8 Å². The Labute approximate surface area is 238 Å². The molecule has 0 spiro atoms. The van der Waals surface area contributed by atoms with Crippen LogP contribution in [0.4, 0.5) is 5.82 Å². The molecule has 1 aromatic heterocycles. The maximum Gasteiger partial charge on any atom is 0.325 e. The van der Waals surface area contributed by atoms with Gasteiger partial charge in [0.25, 0.3) is 0 Å². The van der Waals surface area contributed by atoms with E-state index in [0.29, 0.717) is 32.7 Å². The van der Waals surface area contributed by atoms with Crippen LogP contribution in [0.1, 0.15) is 79.1 Å². The first-order chi connectivity index (χ1) is 19.2. The average Bonchev–Trinajstić information content (AvgIpc) is 3.40. The quantitative estimate of drug-likeness (QED) is 0.383. The number of nitrogens with zero attached hydrogens (tertiary/aromatic N) is 2. The molecule has 0 unspecified atom stereocenters. The van der Waals surface area contributed by atoms with Gasteiger partial charge in [-0.05, 0) is 87.6 Å². The van der Waals surface area contributed by atoms with Crippen molar-refractivity contribution in [2.45, 2.75) is 96.2 Å². The fraction of sp³-hybridized carbons (Fsp3) is 0.625. The number of carboxylic acid groups (broad SMARTS) is 1. The lowest BCUT2D eigenvalue weighted by molar-refractivity contribution is -0.143. The van der Waals surface area contributed by atoms with Crippen molar-refractivity contribution in [2.24, 2.45) is 0 Å². The van der Waals surface area contributed by atoms with Gasteiger partial charge in [0.1, 0.15) is 11.9 Å². The number of ether oxygens (including phenoxy) is 3. The minimum absolute atomic E-state index is 0.0528. The molecule has 2 aromatic rings. The Morgan fingerprint density at radius 1 is 1.27 bits per heavy atom. The summed E-state index contributed by atoms with van der Waals surface area (Å²) in [7, 11) is 1.70. The number of aliphatic carboxylic acids is 1. The van der Waals surface area contributed by atoms with E-state index in [4.69, 9.17) is 19.2 Å². The highest BCUT2D eigenvalue weighted by Crippen LogP contribution is 2.37. The molecular weight excluding hydrogens is 506 g/mol. The molecule has 5 rings (SSSR count). The van der Waals surface area contributed by atoms with Gasteiger partial charge in [0.05, 0.1) is 24.4 Å². The predicted octanol–water partition coefficient (Wildman–Crippen LogP) is 4.85. The van der Waals surface area contributed by atoms with Gasteiger partial charge in [0.2, 0.25) is 0 Å². The summed E-state index contributed by atoms with van der Waals surface area (Å²) in [6.45, 7) is 9.57. The zero-order valence-electron chi connectivity index (χ0n) is 24.5. The summed E-state index contributed by atoms with van der Waals surface area (Å²) in [5.41, 5.74) is 6.11. The number of carboxylic acids is 1. The summed E-state index contributed by atoms with van der Waals surface area (Å²) in [5, 5.41) is 13.8. The van der Waals surface area contributed by atoms with Gasteiger partial charge < -0.3 is 24.6 Å². The Balaban J connectivity index is 1.17. The molecule has 2 N–H and O–H groups in total. The van der Waals surface area contributed by atoms with E-state index >= 15 is 0 Å². The van der Waals surface area contributed by atoms with Crippen molar-refractivity contribution < 1.29 is 24.1 Å². The zero-order chi connectivity index (χ0) is 28.3. The molecule has 0 bridgehead atoms. The van der Waals surface area contributed by atoms with E-state index in [-0.39, 0.29) is 12.2 Å². The highest BCUT2D eigenvalue weighted by molar-refractivity contribution is 5.76. The van der Waals surface area contributed by atoms with Crippen molar-refractivity contribution in [3.8, 4) is 0 Å². The summed E-state index contributed by atoms with van der Waals surface area (Å²) >= 11 is 0. The lowest BCUT2D eigenvalue weighted by Gasteiger charge is -2.38. The lowest BCUT2D eigenvalue weighted by Crippen LogP contribution is -2.44. The number of benzene rings is 1. The smallest absolute Gasteiger partial charge is 0.325 e. The van der Waals surface area contributed by atoms with E-state index < -0.39 is 17.6 Å². The number of carbonyl (C=O) groups is 1. The Morgan fingerprint density at radius 3 is 2.92 bits per heavy atom.